The molecule has 6 nitrogen and oxygen atoms in total. The quantitative estimate of drug-likeness (QED) is 0.503. The molecular weight excluding hydrogens is 306 g/mol. The largest absolute Gasteiger partial charge is 0.371 e. The van der Waals surface area contributed by atoms with Crippen LogP contribution in [0.2, 0.25) is 0 Å². The monoisotopic (exact) mass is 325 g/mol. The summed E-state index contributed by atoms with van der Waals surface area (Å²) in [6.07, 6.45) is 1.93. The van der Waals surface area contributed by atoms with E-state index in [1.165, 1.54) is 35.5 Å². The van der Waals surface area contributed by atoms with Gasteiger partial charge in [-0.05, 0) is 36.6 Å². The summed E-state index contributed by atoms with van der Waals surface area (Å²) >= 11 is 0. The summed E-state index contributed by atoms with van der Waals surface area (Å²) in [6, 6.07) is 14.0. The molecule has 1 aliphatic heterocycles. The Bertz CT molecular complexity index is 743. The Kier molecular flexibility index (Phi) is 4.74. The number of amides is 1. The molecule has 24 heavy (non-hydrogen) atoms. The Labute approximate surface area is 140 Å². The van der Waals surface area contributed by atoms with Crippen molar-refractivity contribution in [1.82, 2.24) is 5.32 Å². The number of para-hydroxylation sites is 1. The van der Waals surface area contributed by atoms with Crippen LogP contribution in [-0.4, -0.2) is 30.5 Å². The zero-order valence-electron chi connectivity index (χ0n) is 13.3. The van der Waals surface area contributed by atoms with Gasteiger partial charge in [-0.3, -0.25) is 14.9 Å². The number of nitro groups is 1. The molecule has 6 heteroatoms. The lowest BCUT2D eigenvalue weighted by atomic mass is 10.2. The number of hydrogen-bond acceptors (Lipinski definition) is 4. The van der Waals surface area contributed by atoms with E-state index >= 15 is 0 Å². The summed E-state index contributed by atoms with van der Waals surface area (Å²) in [6.45, 7) is 2.50. The summed E-state index contributed by atoms with van der Waals surface area (Å²) in [4.78, 5) is 24.5. The molecule has 0 spiro atoms. The van der Waals surface area contributed by atoms with E-state index in [4.69, 9.17) is 0 Å². The average Bonchev–Trinajstić information content (AvgIpc) is 3.02. The van der Waals surface area contributed by atoms with Crippen molar-refractivity contribution >= 4 is 17.3 Å². The lowest BCUT2D eigenvalue weighted by Gasteiger charge is -2.19. The van der Waals surface area contributed by atoms with E-state index in [9.17, 15) is 14.9 Å². The molecule has 1 N–H and O–H groups in total. The van der Waals surface area contributed by atoms with Crippen LogP contribution in [0.5, 0.6) is 0 Å². The van der Waals surface area contributed by atoms with Gasteiger partial charge in [-0.15, -0.1) is 0 Å². The minimum Gasteiger partial charge on any atom is -0.371 e. The van der Waals surface area contributed by atoms with Crippen molar-refractivity contribution in [1.29, 1.82) is 0 Å². The molecule has 0 aromatic heterocycles. The average molecular weight is 325 g/mol. The van der Waals surface area contributed by atoms with E-state index in [0.717, 1.165) is 25.9 Å². The van der Waals surface area contributed by atoms with Gasteiger partial charge in [-0.25, -0.2) is 0 Å². The predicted molar refractivity (Wildman–Crippen MR) is 92.4 cm³/mol. The smallest absolute Gasteiger partial charge is 0.269 e. The van der Waals surface area contributed by atoms with E-state index in [1.54, 1.807) is 0 Å². The van der Waals surface area contributed by atoms with Crippen molar-refractivity contribution < 1.29 is 9.72 Å². The second-order valence-electron chi connectivity index (χ2n) is 5.78. The first kappa shape index (κ1) is 16.0. The number of nitrogens with one attached hydrogen (secondary N) is 1. The highest BCUT2D eigenvalue weighted by atomic mass is 16.6. The third-order valence-corrected chi connectivity index (χ3v) is 4.21. The zero-order chi connectivity index (χ0) is 16.9. The molecule has 1 amide bonds. The van der Waals surface area contributed by atoms with Crippen LogP contribution in [-0.2, 0) is 6.42 Å². The van der Waals surface area contributed by atoms with Crippen molar-refractivity contribution in [3.8, 4) is 0 Å². The highest BCUT2D eigenvalue weighted by Crippen LogP contribution is 2.27. The number of benzene rings is 2. The van der Waals surface area contributed by atoms with E-state index in [-0.39, 0.29) is 11.6 Å². The van der Waals surface area contributed by atoms with Gasteiger partial charge in [0, 0.05) is 43.0 Å². The van der Waals surface area contributed by atoms with Gasteiger partial charge in [0.1, 0.15) is 0 Å². The maximum Gasteiger partial charge on any atom is 0.269 e. The molecule has 3 rings (SSSR count). The fraction of sp³-hybridized carbons (Fsp3) is 0.278. The van der Waals surface area contributed by atoms with Gasteiger partial charge in [0.05, 0.1) is 4.92 Å². The fourth-order valence-corrected chi connectivity index (χ4v) is 2.95. The summed E-state index contributed by atoms with van der Waals surface area (Å²) in [5.74, 6) is -0.202. The minimum atomic E-state index is -0.477. The molecule has 0 fully saturated rings. The first-order chi connectivity index (χ1) is 11.6. The molecule has 0 saturated heterocycles. The summed E-state index contributed by atoms with van der Waals surface area (Å²) in [5, 5.41) is 13.5. The van der Waals surface area contributed by atoms with Gasteiger partial charge in [-0.1, -0.05) is 18.2 Å². The number of carbonyl (C=O) groups is 1. The molecule has 2 aromatic rings. The first-order valence-corrected chi connectivity index (χ1v) is 8.00. The molecule has 0 unspecified atom stereocenters. The molecule has 0 atom stereocenters. The number of nitrogens with zero attached hydrogens (tertiary/aromatic N) is 2. The normalized spacial score (nSPS) is 12.8. The van der Waals surface area contributed by atoms with Crippen molar-refractivity contribution in [3.05, 3.63) is 69.8 Å². The van der Waals surface area contributed by atoms with Gasteiger partial charge < -0.3 is 10.2 Å². The van der Waals surface area contributed by atoms with Crippen LogP contribution in [0.1, 0.15) is 22.3 Å². The number of non-ortho nitro benzene ring substituents is 1. The lowest BCUT2D eigenvalue weighted by Crippen LogP contribution is -2.29. The number of fused-ring (bicyclic) bond motifs is 1. The first-order valence-electron chi connectivity index (χ1n) is 8.00. The molecule has 1 heterocycles. The lowest BCUT2D eigenvalue weighted by molar-refractivity contribution is -0.384. The van der Waals surface area contributed by atoms with Gasteiger partial charge in [-0.2, -0.15) is 0 Å². The Morgan fingerprint density at radius 3 is 2.67 bits per heavy atom. The van der Waals surface area contributed by atoms with E-state index in [0.29, 0.717) is 12.1 Å². The van der Waals surface area contributed by atoms with Crippen LogP contribution in [0.25, 0.3) is 0 Å². The van der Waals surface area contributed by atoms with E-state index in [1.807, 2.05) is 6.07 Å². The highest BCUT2D eigenvalue weighted by molar-refractivity contribution is 5.94. The molecule has 0 saturated carbocycles. The predicted octanol–water partition coefficient (Wildman–Crippen LogP) is 2.78. The summed E-state index contributed by atoms with van der Waals surface area (Å²) in [7, 11) is 0. The number of carbonyl (C=O) groups excluding carboxylic acids is 1. The van der Waals surface area contributed by atoms with E-state index < -0.39 is 4.92 Å². The van der Waals surface area contributed by atoms with Crippen molar-refractivity contribution in [3.63, 3.8) is 0 Å². The Morgan fingerprint density at radius 2 is 1.92 bits per heavy atom. The van der Waals surface area contributed by atoms with Gasteiger partial charge in [0.25, 0.3) is 11.6 Å². The third-order valence-electron chi connectivity index (χ3n) is 4.21. The molecular formula is C18H19N3O3. The Balaban J connectivity index is 1.45. The Hall–Kier alpha value is -2.89. The fourth-order valence-electron chi connectivity index (χ4n) is 2.95. The number of anilines is 1. The molecule has 1 aliphatic rings. The van der Waals surface area contributed by atoms with Gasteiger partial charge >= 0.3 is 0 Å². The maximum absolute atomic E-state index is 12.0. The van der Waals surface area contributed by atoms with Crippen LogP contribution in [0.3, 0.4) is 0 Å². The van der Waals surface area contributed by atoms with Crippen molar-refractivity contribution in [2.45, 2.75) is 12.8 Å². The van der Waals surface area contributed by atoms with Crippen LogP contribution in [0.15, 0.2) is 48.5 Å². The van der Waals surface area contributed by atoms with Crippen LogP contribution in [0, 0.1) is 10.1 Å². The molecule has 0 aliphatic carbocycles. The molecule has 0 bridgehead atoms. The van der Waals surface area contributed by atoms with Gasteiger partial charge in [0.15, 0.2) is 0 Å². The second-order valence-corrected chi connectivity index (χ2v) is 5.78. The molecule has 124 valence electrons. The van der Waals surface area contributed by atoms with E-state index in [2.05, 4.69) is 28.4 Å². The van der Waals surface area contributed by atoms with Crippen LogP contribution < -0.4 is 10.2 Å². The van der Waals surface area contributed by atoms with Crippen molar-refractivity contribution in [2.24, 2.45) is 0 Å². The SMILES string of the molecule is O=C(NCCCN1CCc2ccccc21)c1ccc([N+](=O)[O-])cc1. The number of nitro benzene ring substituents is 1. The highest BCUT2D eigenvalue weighted by Gasteiger charge is 2.17. The summed E-state index contributed by atoms with van der Waals surface area (Å²) < 4.78 is 0. The third kappa shape index (κ3) is 3.53. The van der Waals surface area contributed by atoms with Crippen LogP contribution in [0.4, 0.5) is 11.4 Å². The minimum absolute atomic E-state index is 0.0146. The topological polar surface area (TPSA) is 75.5 Å². The van der Waals surface area contributed by atoms with Gasteiger partial charge in [0.2, 0.25) is 0 Å². The number of rotatable bonds is 6. The number of hydrogen-bond donors (Lipinski definition) is 1. The van der Waals surface area contributed by atoms with Crippen molar-refractivity contribution in [2.75, 3.05) is 24.5 Å². The summed E-state index contributed by atoms with van der Waals surface area (Å²) in [5.41, 5.74) is 3.10. The zero-order valence-corrected chi connectivity index (χ0v) is 13.3. The maximum atomic E-state index is 12.0. The standard InChI is InChI=1S/C18H19N3O3/c22-18(15-6-8-16(9-7-15)21(23)24)19-11-3-12-20-13-10-14-4-1-2-5-17(14)20/h1-2,4-9H,3,10-13H2,(H,19,22). The van der Waals surface area contributed by atoms with Crippen LogP contribution >= 0.6 is 0 Å². The second kappa shape index (κ2) is 7.12. The Morgan fingerprint density at radius 1 is 1.17 bits per heavy atom. The molecule has 0 radical (unpaired) electrons. The molecule has 2 aromatic carbocycles.